The van der Waals surface area contributed by atoms with E-state index in [-0.39, 0.29) is 38.0 Å². The summed E-state index contributed by atoms with van der Waals surface area (Å²) in [7, 11) is 0. The molecule has 0 heterocycles. The second kappa shape index (κ2) is 52.7. The van der Waals surface area contributed by atoms with Crippen LogP contribution in [0.1, 0.15) is 181 Å². The summed E-state index contributed by atoms with van der Waals surface area (Å²) in [5.74, 6) is -1.11. The van der Waals surface area contributed by atoms with Crippen molar-refractivity contribution in [3.05, 3.63) is 158 Å². The first-order valence-corrected chi connectivity index (χ1v) is 25.6. The van der Waals surface area contributed by atoms with Crippen LogP contribution in [-0.2, 0) is 28.6 Å². The molecule has 0 amide bonds. The predicted octanol–water partition coefficient (Wildman–Crippen LogP) is 17.0. The first-order chi connectivity index (χ1) is 32.5. The molecule has 0 aromatic carbocycles. The maximum atomic E-state index is 12.8. The van der Waals surface area contributed by atoms with Crippen LogP contribution >= 0.6 is 0 Å². The highest BCUT2D eigenvalue weighted by Gasteiger charge is 2.19. The quantitative estimate of drug-likeness (QED) is 0.0199. The molecule has 1 atom stereocenters. The highest BCUT2D eigenvalue weighted by Crippen LogP contribution is 2.11. The number of ether oxygens (including phenoxy) is 3. The van der Waals surface area contributed by atoms with Crippen molar-refractivity contribution in [2.24, 2.45) is 0 Å². The Balaban J connectivity index is 4.65. The summed E-state index contributed by atoms with van der Waals surface area (Å²) < 4.78 is 16.6. The van der Waals surface area contributed by atoms with E-state index in [2.05, 4.69) is 124 Å². The van der Waals surface area contributed by atoms with Crippen molar-refractivity contribution in [1.82, 2.24) is 0 Å². The predicted molar refractivity (Wildman–Crippen MR) is 283 cm³/mol. The molecule has 0 radical (unpaired) electrons. The molecule has 0 saturated carbocycles. The average Bonchev–Trinajstić information content (AvgIpc) is 3.31. The van der Waals surface area contributed by atoms with E-state index in [1.54, 1.807) is 0 Å². The summed E-state index contributed by atoms with van der Waals surface area (Å²) in [6.45, 7) is 6.20. The van der Waals surface area contributed by atoms with Crippen molar-refractivity contribution in [2.75, 3.05) is 13.2 Å². The molecular weight excluding hydrogens is 817 g/mol. The van der Waals surface area contributed by atoms with Crippen molar-refractivity contribution in [1.29, 1.82) is 0 Å². The lowest BCUT2D eigenvalue weighted by Crippen LogP contribution is -2.30. The first kappa shape index (κ1) is 61.0. The zero-order chi connectivity index (χ0) is 47.9. The second-order valence-corrected chi connectivity index (χ2v) is 16.1. The Kier molecular flexibility index (Phi) is 48.7. The molecule has 0 bridgehead atoms. The Bertz CT molecular complexity index is 1560. The Labute approximate surface area is 403 Å². The average molecular weight is 907 g/mol. The van der Waals surface area contributed by atoms with E-state index in [1.165, 1.54) is 32.1 Å². The van der Waals surface area contributed by atoms with Crippen LogP contribution in [0.5, 0.6) is 0 Å². The lowest BCUT2D eigenvalue weighted by Gasteiger charge is -2.18. The van der Waals surface area contributed by atoms with E-state index in [0.717, 1.165) is 96.3 Å². The Morgan fingerprint density at radius 3 is 1.17 bits per heavy atom. The summed E-state index contributed by atoms with van der Waals surface area (Å²) in [5.41, 5.74) is 0. The molecule has 1 unspecified atom stereocenters. The molecule has 0 aromatic heterocycles. The van der Waals surface area contributed by atoms with Crippen LogP contribution in [-0.4, -0.2) is 37.2 Å². The first-order valence-electron chi connectivity index (χ1n) is 25.6. The van der Waals surface area contributed by atoms with Crippen LogP contribution in [0.25, 0.3) is 0 Å². The molecule has 0 aliphatic heterocycles. The maximum Gasteiger partial charge on any atom is 0.306 e. The Morgan fingerprint density at radius 1 is 0.333 bits per heavy atom. The third kappa shape index (κ3) is 50.0. The van der Waals surface area contributed by atoms with Crippen LogP contribution in [0, 0.1) is 0 Å². The molecule has 0 fully saturated rings. The van der Waals surface area contributed by atoms with Crippen LogP contribution in [0.2, 0.25) is 0 Å². The normalized spacial score (nSPS) is 13.4. The van der Waals surface area contributed by atoms with E-state index in [0.29, 0.717) is 19.3 Å². The minimum atomic E-state index is -0.853. The molecule has 6 heteroatoms. The molecule has 0 rings (SSSR count). The van der Waals surface area contributed by atoms with Crippen molar-refractivity contribution in [3.8, 4) is 0 Å². The van der Waals surface area contributed by atoms with Gasteiger partial charge in [-0.05, 0) is 96.3 Å². The molecule has 0 aromatic rings. The molecular formula is C60H90O6. The van der Waals surface area contributed by atoms with Gasteiger partial charge in [0.05, 0.1) is 0 Å². The van der Waals surface area contributed by atoms with Gasteiger partial charge in [-0.15, -0.1) is 0 Å². The molecule has 0 aliphatic carbocycles. The zero-order valence-electron chi connectivity index (χ0n) is 41.6. The van der Waals surface area contributed by atoms with Gasteiger partial charge in [-0.1, -0.05) is 224 Å². The Morgan fingerprint density at radius 2 is 0.682 bits per heavy atom. The Hall–Kier alpha value is -4.97. The van der Waals surface area contributed by atoms with Gasteiger partial charge in [0.15, 0.2) is 6.10 Å². The van der Waals surface area contributed by atoms with E-state index in [1.807, 2.05) is 54.7 Å². The van der Waals surface area contributed by atoms with Gasteiger partial charge in [0.2, 0.25) is 0 Å². The van der Waals surface area contributed by atoms with Crippen molar-refractivity contribution >= 4 is 17.9 Å². The van der Waals surface area contributed by atoms with Crippen LogP contribution in [0.3, 0.4) is 0 Å². The molecule has 0 aliphatic rings. The van der Waals surface area contributed by atoms with Crippen molar-refractivity contribution < 1.29 is 28.6 Å². The lowest BCUT2D eigenvalue weighted by molar-refractivity contribution is -0.167. The van der Waals surface area contributed by atoms with Gasteiger partial charge in [0, 0.05) is 19.3 Å². The minimum Gasteiger partial charge on any atom is -0.462 e. The van der Waals surface area contributed by atoms with Gasteiger partial charge in [-0.3, -0.25) is 14.4 Å². The van der Waals surface area contributed by atoms with Gasteiger partial charge in [-0.25, -0.2) is 0 Å². The van der Waals surface area contributed by atoms with E-state index >= 15 is 0 Å². The number of rotatable bonds is 43. The smallest absolute Gasteiger partial charge is 0.306 e. The minimum absolute atomic E-state index is 0.142. The van der Waals surface area contributed by atoms with Crippen LogP contribution < -0.4 is 0 Å². The summed E-state index contributed by atoms with van der Waals surface area (Å²) in [5, 5.41) is 0. The molecule has 366 valence electrons. The number of unbranched alkanes of at least 4 members (excludes halogenated alkanes) is 12. The largest absolute Gasteiger partial charge is 0.462 e. The number of allylic oxidation sites excluding steroid dienone is 26. The van der Waals surface area contributed by atoms with Crippen molar-refractivity contribution in [2.45, 2.75) is 187 Å². The van der Waals surface area contributed by atoms with Gasteiger partial charge in [0.1, 0.15) is 13.2 Å². The van der Waals surface area contributed by atoms with Gasteiger partial charge < -0.3 is 14.2 Å². The van der Waals surface area contributed by atoms with Crippen LogP contribution in [0.15, 0.2) is 158 Å². The fraction of sp³-hybridized carbons (Fsp3) is 0.517. The summed E-state index contributed by atoms with van der Waals surface area (Å²) in [6.07, 6.45) is 76.7. The number of hydrogen-bond acceptors (Lipinski definition) is 6. The third-order valence-electron chi connectivity index (χ3n) is 9.94. The molecule has 0 spiro atoms. The fourth-order valence-electron chi connectivity index (χ4n) is 6.15. The monoisotopic (exact) mass is 907 g/mol. The fourth-order valence-corrected chi connectivity index (χ4v) is 6.15. The topological polar surface area (TPSA) is 78.9 Å². The number of esters is 3. The van der Waals surface area contributed by atoms with E-state index < -0.39 is 12.1 Å². The zero-order valence-corrected chi connectivity index (χ0v) is 41.6. The lowest BCUT2D eigenvalue weighted by atomic mass is 10.1. The van der Waals surface area contributed by atoms with Crippen LogP contribution in [0.4, 0.5) is 0 Å². The number of carbonyl (C=O) groups is 3. The number of carbonyl (C=O) groups excluding carboxylic acids is 3. The van der Waals surface area contributed by atoms with Gasteiger partial charge >= 0.3 is 17.9 Å². The SMILES string of the molecule is CC/C=C/C=C/C=C/C=C/C=C/CCCC(=O)OCC(COC(=O)CCCCCCC/C=C/C=C/C=C/CCCCCCC)OC(=O)CCC/C=C/C/C=C/C/C=C/C/C=C/C/C=C/CC. The maximum absolute atomic E-state index is 12.8. The molecule has 0 saturated heterocycles. The number of hydrogen-bond donors (Lipinski definition) is 0. The molecule has 6 nitrogen and oxygen atoms in total. The highest BCUT2D eigenvalue weighted by molar-refractivity contribution is 5.71. The summed E-state index contributed by atoms with van der Waals surface area (Å²) in [4.78, 5) is 37.9. The van der Waals surface area contributed by atoms with E-state index in [9.17, 15) is 14.4 Å². The third-order valence-corrected chi connectivity index (χ3v) is 9.94. The molecule has 0 N–H and O–H groups in total. The van der Waals surface area contributed by atoms with E-state index in [4.69, 9.17) is 14.2 Å². The van der Waals surface area contributed by atoms with Gasteiger partial charge in [-0.2, -0.15) is 0 Å². The second-order valence-electron chi connectivity index (χ2n) is 16.1. The van der Waals surface area contributed by atoms with Gasteiger partial charge in [0.25, 0.3) is 0 Å². The van der Waals surface area contributed by atoms with Crippen molar-refractivity contribution in [3.63, 3.8) is 0 Å². The molecule has 66 heavy (non-hydrogen) atoms. The summed E-state index contributed by atoms with van der Waals surface area (Å²) in [6, 6.07) is 0. The standard InChI is InChI=1S/C60H90O6/c1-4-7-10-13-16-19-22-25-27-29-31-32-35-38-41-44-47-50-53-59(62)65-56-57(55-64-58(61)52-49-46-43-40-37-34-24-21-18-15-12-9-6-3)66-60(63)54-51-48-45-42-39-36-33-30-28-26-23-20-17-14-11-8-5-2/h8-9,11-12,15,17-18,20-22,24-29,31-34,36-37,40,42-43,45,57H,4-7,10,13-14,16,19,23,30,35,38-39,41,44,46-56H2,1-3H3/b11-8+,12-9+,18-15+,20-17+,24-21+,25-22+,28-26+,29-27+,32-31+,36-33+,37-34+,43-40+,45-42+. The highest BCUT2D eigenvalue weighted by atomic mass is 16.6. The summed E-state index contributed by atoms with van der Waals surface area (Å²) >= 11 is 0.